The number of ketones is 2. The monoisotopic (exact) mass is 272 g/mol. The highest BCUT2D eigenvalue weighted by molar-refractivity contribution is 6.17. The molecule has 0 spiro atoms. The van der Waals surface area contributed by atoms with Crippen molar-refractivity contribution in [1.29, 1.82) is 0 Å². The van der Waals surface area contributed by atoms with Crippen molar-refractivity contribution in [3.05, 3.63) is 35.4 Å². The largest absolute Gasteiger partial charge is 0.298 e. The van der Waals surface area contributed by atoms with Crippen molar-refractivity contribution in [2.45, 2.75) is 47.5 Å². The summed E-state index contributed by atoms with van der Waals surface area (Å²) in [6, 6.07) is 7.59. The maximum atomic E-state index is 13.0. The second-order valence-corrected chi connectivity index (χ2v) is 7.95. The van der Waals surface area contributed by atoms with E-state index >= 15 is 0 Å². The van der Waals surface area contributed by atoms with Gasteiger partial charge in [0.25, 0.3) is 0 Å². The van der Waals surface area contributed by atoms with E-state index in [9.17, 15) is 9.59 Å². The van der Waals surface area contributed by atoms with Crippen LogP contribution in [-0.4, -0.2) is 11.6 Å². The van der Waals surface area contributed by atoms with Crippen LogP contribution in [0.4, 0.5) is 0 Å². The van der Waals surface area contributed by atoms with Crippen LogP contribution in [-0.2, 0) is 4.79 Å². The molecule has 0 N–H and O–H groups in total. The lowest BCUT2D eigenvalue weighted by Gasteiger charge is -2.41. The molecule has 1 aromatic carbocycles. The van der Waals surface area contributed by atoms with Crippen LogP contribution in [0.5, 0.6) is 0 Å². The molecule has 0 radical (unpaired) electrons. The average Bonchev–Trinajstić information content (AvgIpc) is 2.25. The van der Waals surface area contributed by atoms with Crippen molar-refractivity contribution < 1.29 is 9.59 Å². The second-order valence-electron chi connectivity index (χ2n) is 7.95. The highest BCUT2D eigenvalue weighted by atomic mass is 16.2. The standard InChI is InChI=1S/C18H24O2/c1-17(2,3)13-11-9-7-8-10-12(11)15(19)14(16(13)20)18(4,5)6/h7-10,13-14H,1-6H3. The lowest BCUT2D eigenvalue weighted by atomic mass is 9.60. The van der Waals surface area contributed by atoms with Gasteiger partial charge in [-0.15, -0.1) is 0 Å². The molecule has 0 saturated heterocycles. The molecule has 2 rings (SSSR count). The van der Waals surface area contributed by atoms with Crippen molar-refractivity contribution in [2.24, 2.45) is 16.7 Å². The Morgan fingerprint density at radius 2 is 1.30 bits per heavy atom. The summed E-state index contributed by atoms with van der Waals surface area (Å²) in [6.45, 7) is 12.1. The fourth-order valence-corrected chi connectivity index (χ4v) is 3.29. The van der Waals surface area contributed by atoms with Gasteiger partial charge in [-0.2, -0.15) is 0 Å². The van der Waals surface area contributed by atoms with Crippen LogP contribution in [0.2, 0.25) is 0 Å². The number of hydrogen-bond acceptors (Lipinski definition) is 2. The van der Waals surface area contributed by atoms with Gasteiger partial charge in [0, 0.05) is 11.5 Å². The molecule has 0 saturated carbocycles. The van der Waals surface area contributed by atoms with E-state index in [1.165, 1.54) is 0 Å². The van der Waals surface area contributed by atoms with Crippen LogP contribution in [0.3, 0.4) is 0 Å². The molecule has 0 bridgehead atoms. The molecule has 0 heterocycles. The summed E-state index contributed by atoms with van der Waals surface area (Å²) < 4.78 is 0. The molecule has 1 aliphatic rings. The first-order valence-corrected chi connectivity index (χ1v) is 7.22. The summed E-state index contributed by atoms with van der Waals surface area (Å²) in [5.74, 6) is -0.686. The first-order chi connectivity index (χ1) is 9.05. The number of carbonyl (C=O) groups excluding carboxylic acids is 2. The Morgan fingerprint density at radius 3 is 1.80 bits per heavy atom. The van der Waals surface area contributed by atoms with Gasteiger partial charge in [0.05, 0.1) is 5.92 Å². The maximum absolute atomic E-state index is 13.0. The van der Waals surface area contributed by atoms with Crippen LogP contribution in [0.15, 0.2) is 24.3 Å². The maximum Gasteiger partial charge on any atom is 0.174 e. The summed E-state index contributed by atoms with van der Waals surface area (Å²) in [5.41, 5.74) is 1.10. The molecule has 0 fully saturated rings. The molecule has 108 valence electrons. The third-order valence-electron chi connectivity index (χ3n) is 4.10. The van der Waals surface area contributed by atoms with Gasteiger partial charge >= 0.3 is 0 Å². The molecular weight excluding hydrogens is 248 g/mol. The highest BCUT2D eigenvalue weighted by Crippen LogP contribution is 2.47. The molecule has 20 heavy (non-hydrogen) atoms. The summed E-state index contributed by atoms with van der Waals surface area (Å²) in [6.07, 6.45) is 0. The number of carbonyl (C=O) groups is 2. The second kappa shape index (κ2) is 4.54. The molecule has 2 heteroatoms. The van der Waals surface area contributed by atoms with E-state index in [1.54, 1.807) is 0 Å². The molecule has 0 aliphatic heterocycles. The Morgan fingerprint density at radius 1 is 0.800 bits per heavy atom. The predicted octanol–water partition coefficient (Wildman–Crippen LogP) is 4.24. The van der Waals surface area contributed by atoms with E-state index in [1.807, 2.05) is 45.0 Å². The summed E-state index contributed by atoms with van der Waals surface area (Å²) >= 11 is 0. The Bertz CT molecular complexity index is 556. The minimum atomic E-state index is -0.540. The fourth-order valence-electron chi connectivity index (χ4n) is 3.29. The van der Waals surface area contributed by atoms with Gasteiger partial charge in [0.2, 0.25) is 0 Å². The lowest BCUT2D eigenvalue weighted by molar-refractivity contribution is -0.128. The third kappa shape index (κ3) is 2.32. The number of rotatable bonds is 0. The average molecular weight is 272 g/mol. The number of benzene rings is 1. The Labute approximate surface area is 121 Å². The molecule has 2 unspecified atom stereocenters. The van der Waals surface area contributed by atoms with Crippen LogP contribution in [0.1, 0.15) is 63.4 Å². The first kappa shape index (κ1) is 15.0. The zero-order valence-corrected chi connectivity index (χ0v) is 13.3. The van der Waals surface area contributed by atoms with Gasteiger partial charge in [0.15, 0.2) is 11.6 Å². The molecule has 2 atom stereocenters. The minimum Gasteiger partial charge on any atom is -0.298 e. The summed E-state index contributed by atoms with van der Waals surface area (Å²) in [5, 5.41) is 0. The number of fused-ring (bicyclic) bond motifs is 1. The quantitative estimate of drug-likeness (QED) is 0.662. The fraction of sp³-hybridized carbons (Fsp3) is 0.556. The Balaban J connectivity index is 2.69. The van der Waals surface area contributed by atoms with Crippen molar-refractivity contribution >= 4 is 11.6 Å². The highest BCUT2D eigenvalue weighted by Gasteiger charge is 2.49. The Hall–Kier alpha value is -1.44. The van der Waals surface area contributed by atoms with Crippen LogP contribution in [0.25, 0.3) is 0 Å². The summed E-state index contributed by atoms with van der Waals surface area (Å²) in [7, 11) is 0. The Kier molecular flexibility index (Phi) is 3.40. The topological polar surface area (TPSA) is 34.1 Å². The van der Waals surface area contributed by atoms with Gasteiger partial charge in [-0.1, -0.05) is 65.8 Å². The van der Waals surface area contributed by atoms with Gasteiger partial charge in [-0.3, -0.25) is 9.59 Å². The molecule has 0 aromatic heterocycles. The van der Waals surface area contributed by atoms with Crippen molar-refractivity contribution in [2.75, 3.05) is 0 Å². The predicted molar refractivity (Wildman–Crippen MR) is 80.9 cm³/mol. The van der Waals surface area contributed by atoms with Crippen LogP contribution in [0, 0.1) is 16.7 Å². The zero-order chi connectivity index (χ0) is 15.3. The number of Topliss-reactive ketones (excluding diaryl/α,β-unsaturated/α-hetero) is 2. The van der Waals surface area contributed by atoms with E-state index in [0.29, 0.717) is 0 Å². The van der Waals surface area contributed by atoms with Crippen LogP contribution < -0.4 is 0 Å². The smallest absolute Gasteiger partial charge is 0.174 e. The van der Waals surface area contributed by atoms with Gasteiger partial charge in [-0.05, 0) is 16.4 Å². The third-order valence-corrected chi connectivity index (χ3v) is 4.10. The van der Waals surface area contributed by atoms with Gasteiger partial charge in [0.1, 0.15) is 0 Å². The first-order valence-electron chi connectivity index (χ1n) is 7.22. The normalized spacial score (nSPS) is 23.7. The molecular formula is C18H24O2. The van der Waals surface area contributed by atoms with E-state index in [2.05, 4.69) is 20.8 Å². The van der Waals surface area contributed by atoms with E-state index in [4.69, 9.17) is 0 Å². The van der Waals surface area contributed by atoms with Crippen molar-refractivity contribution in [1.82, 2.24) is 0 Å². The van der Waals surface area contributed by atoms with Gasteiger partial charge in [-0.25, -0.2) is 0 Å². The van der Waals surface area contributed by atoms with Gasteiger partial charge < -0.3 is 0 Å². The van der Waals surface area contributed by atoms with E-state index < -0.39 is 5.92 Å². The molecule has 0 amide bonds. The van der Waals surface area contributed by atoms with Crippen molar-refractivity contribution in [3.63, 3.8) is 0 Å². The van der Waals surface area contributed by atoms with Crippen LogP contribution >= 0.6 is 0 Å². The van der Waals surface area contributed by atoms with E-state index in [-0.39, 0.29) is 28.3 Å². The van der Waals surface area contributed by atoms with Crippen molar-refractivity contribution in [3.8, 4) is 0 Å². The lowest BCUT2D eigenvalue weighted by Crippen LogP contribution is -2.46. The SMILES string of the molecule is CC(C)(C)C1C(=O)c2ccccc2C(C(C)(C)C)C1=O. The molecule has 1 aliphatic carbocycles. The zero-order valence-electron chi connectivity index (χ0n) is 13.3. The van der Waals surface area contributed by atoms with E-state index in [0.717, 1.165) is 11.1 Å². The molecule has 2 nitrogen and oxygen atoms in total. The minimum absolute atomic E-state index is 0.0152. The molecule has 1 aromatic rings. The summed E-state index contributed by atoms with van der Waals surface area (Å²) in [4.78, 5) is 25.7. The number of hydrogen-bond donors (Lipinski definition) is 0.